The number of unbranched alkanes of at least 4 members (excludes halogenated alkanes) is 1. The molecule has 2 aromatic carbocycles. The van der Waals surface area contributed by atoms with Crippen molar-refractivity contribution in [3.8, 4) is 11.5 Å². The Kier molecular flexibility index (Phi) is 9.88. The van der Waals surface area contributed by atoms with Gasteiger partial charge in [0.05, 0.1) is 21.3 Å². The van der Waals surface area contributed by atoms with E-state index in [1.54, 1.807) is 26.4 Å². The first kappa shape index (κ1) is 24.3. The Labute approximate surface area is 185 Å². The van der Waals surface area contributed by atoms with Crippen LogP contribution in [0.3, 0.4) is 0 Å². The maximum Gasteiger partial charge on any atom is 0.305 e. The van der Waals surface area contributed by atoms with Gasteiger partial charge >= 0.3 is 5.97 Å². The summed E-state index contributed by atoms with van der Waals surface area (Å²) in [5.74, 6) is 0.952. The minimum atomic E-state index is -0.227. The number of esters is 1. The van der Waals surface area contributed by atoms with E-state index in [-0.39, 0.29) is 11.9 Å². The lowest BCUT2D eigenvalue weighted by atomic mass is 10.1. The second kappa shape index (κ2) is 12.6. The van der Waals surface area contributed by atoms with Crippen LogP contribution < -0.4 is 9.47 Å². The number of nitrogens with zero attached hydrogens (tertiary/aromatic N) is 1. The highest BCUT2D eigenvalue weighted by atomic mass is 16.5. The number of hydrogen-bond acceptors (Lipinski definition) is 5. The van der Waals surface area contributed by atoms with Crippen LogP contribution in [0.4, 0.5) is 0 Å². The zero-order valence-corrected chi connectivity index (χ0v) is 19.0. The van der Waals surface area contributed by atoms with Gasteiger partial charge in [-0.2, -0.15) is 0 Å². The molecule has 0 aliphatic heterocycles. The first-order valence-corrected chi connectivity index (χ1v) is 10.6. The Morgan fingerprint density at radius 3 is 2.06 bits per heavy atom. The standard InChI is InChI=1S/C25H33NO5/c1-19-22(29-2)17-21(18-23(19)30-3)25(28)26(15-9-8-14-24(27)31-4)16-10-13-20-11-6-5-7-12-20/h5-7,11-12,17-18H,8-10,13-16H2,1-4H3. The number of rotatable bonds is 12. The minimum Gasteiger partial charge on any atom is -0.496 e. The number of methoxy groups -OCH3 is 3. The van der Waals surface area contributed by atoms with Gasteiger partial charge in [-0.25, -0.2) is 0 Å². The van der Waals surface area contributed by atoms with Gasteiger partial charge in [-0.1, -0.05) is 30.3 Å². The summed E-state index contributed by atoms with van der Waals surface area (Å²) in [5.41, 5.74) is 2.64. The van der Waals surface area contributed by atoms with E-state index < -0.39 is 0 Å². The number of aryl methyl sites for hydroxylation is 1. The van der Waals surface area contributed by atoms with Gasteiger partial charge in [-0.3, -0.25) is 9.59 Å². The van der Waals surface area contributed by atoms with E-state index in [9.17, 15) is 9.59 Å². The third kappa shape index (κ3) is 7.31. The Hall–Kier alpha value is -3.02. The fraction of sp³-hybridized carbons (Fsp3) is 0.440. The molecule has 0 aromatic heterocycles. The van der Waals surface area contributed by atoms with E-state index in [0.717, 1.165) is 24.8 Å². The van der Waals surface area contributed by atoms with Crippen molar-refractivity contribution in [3.63, 3.8) is 0 Å². The molecular formula is C25H33NO5. The summed E-state index contributed by atoms with van der Waals surface area (Å²) in [5, 5.41) is 0. The fourth-order valence-electron chi connectivity index (χ4n) is 3.50. The maximum atomic E-state index is 13.3. The van der Waals surface area contributed by atoms with Gasteiger partial charge in [0.1, 0.15) is 11.5 Å². The number of ether oxygens (including phenoxy) is 3. The summed E-state index contributed by atoms with van der Waals surface area (Å²) in [6, 6.07) is 13.8. The first-order chi connectivity index (χ1) is 15.0. The Balaban J connectivity index is 2.11. The van der Waals surface area contributed by atoms with Gasteiger partial charge in [0.2, 0.25) is 0 Å². The van der Waals surface area contributed by atoms with Crippen LogP contribution in [0.1, 0.15) is 47.2 Å². The van der Waals surface area contributed by atoms with Crippen molar-refractivity contribution in [2.75, 3.05) is 34.4 Å². The molecule has 0 aliphatic carbocycles. The van der Waals surface area contributed by atoms with Gasteiger partial charge in [0, 0.05) is 30.6 Å². The third-order valence-corrected chi connectivity index (χ3v) is 5.31. The number of benzene rings is 2. The average Bonchev–Trinajstić information content (AvgIpc) is 2.80. The highest BCUT2D eigenvalue weighted by molar-refractivity contribution is 5.95. The molecule has 0 aliphatic rings. The quantitative estimate of drug-likeness (QED) is 0.370. The number of amides is 1. The lowest BCUT2D eigenvalue weighted by molar-refractivity contribution is -0.140. The highest BCUT2D eigenvalue weighted by Crippen LogP contribution is 2.30. The molecule has 0 spiro atoms. The third-order valence-electron chi connectivity index (χ3n) is 5.31. The zero-order chi connectivity index (χ0) is 22.6. The van der Waals surface area contributed by atoms with E-state index in [1.165, 1.54) is 12.7 Å². The van der Waals surface area contributed by atoms with E-state index in [4.69, 9.17) is 14.2 Å². The van der Waals surface area contributed by atoms with Crippen LogP contribution in [-0.4, -0.2) is 51.2 Å². The number of hydrogen-bond donors (Lipinski definition) is 0. The van der Waals surface area contributed by atoms with Crippen LogP contribution in [0.15, 0.2) is 42.5 Å². The molecule has 0 radical (unpaired) electrons. The van der Waals surface area contributed by atoms with Crippen molar-refractivity contribution in [1.29, 1.82) is 0 Å². The average molecular weight is 428 g/mol. The van der Waals surface area contributed by atoms with Crippen LogP contribution in [0, 0.1) is 6.92 Å². The Morgan fingerprint density at radius 1 is 0.871 bits per heavy atom. The van der Waals surface area contributed by atoms with Crippen LogP contribution in [-0.2, 0) is 16.0 Å². The summed E-state index contributed by atoms with van der Waals surface area (Å²) < 4.78 is 15.6. The smallest absolute Gasteiger partial charge is 0.305 e. The summed E-state index contributed by atoms with van der Waals surface area (Å²) in [7, 11) is 4.56. The Morgan fingerprint density at radius 2 is 1.48 bits per heavy atom. The van der Waals surface area contributed by atoms with Gasteiger partial charge < -0.3 is 19.1 Å². The zero-order valence-electron chi connectivity index (χ0n) is 19.0. The molecule has 0 heterocycles. The molecule has 1 amide bonds. The summed E-state index contributed by atoms with van der Waals surface area (Å²) in [6.07, 6.45) is 3.51. The van der Waals surface area contributed by atoms with Gasteiger partial charge in [-0.05, 0) is 50.3 Å². The summed E-state index contributed by atoms with van der Waals surface area (Å²) in [4.78, 5) is 26.6. The SMILES string of the molecule is COC(=O)CCCCN(CCCc1ccccc1)C(=O)c1cc(OC)c(C)c(OC)c1. The van der Waals surface area contributed by atoms with Crippen molar-refractivity contribution in [2.24, 2.45) is 0 Å². The van der Waals surface area contributed by atoms with E-state index in [2.05, 4.69) is 12.1 Å². The molecule has 2 rings (SSSR count). The largest absolute Gasteiger partial charge is 0.496 e. The van der Waals surface area contributed by atoms with Crippen molar-refractivity contribution in [1.82, 2.24) is 4.90 Å². The number of carbonyl (C=O) groups is 2. The maximum absolute atomic E-state index is 13.3. The fourth-order valence-corrected chi connectivity index (χ4v) is 3.50. The molecule has 6 heteroatoms. The van der Waals surface area contributed by atoms with E-state index >= 15 is 0 Å². The van der Waals surface area contributed by atoms with Crippen molar-refractivity contribution >= 4 is 11.9 Å². The number of carbonyl (C=O) groups excluding carboxylic acids is 2. The molecule has 0 unspecified atom stereocenters. The van der Waals surface area contributed by atoms with Gasteiger partial charge in [0.15, 0.2) is 0 Å². The molecule has 0 N–H and O–H groups in total. The summed E-state index contributed by atoms with van der Waals surface area (Å²) in [6.45, 7) is 3.10. The second-order valence-electron chi connectivity index (χ2n) is 7.42. The van der Waals surface area contributed by atoms with Crippen LogP contribution in [0.25, 0.3) is 0 Å². The molecule has 0 saturated carbocycles. The van der Waals surface area contributed by atoms with Gasteiger partial charge in [0.25, 0.3) is 5.91 Å². The van der Waals surface area contributed by atoms with Crippen molar-refractivity contribution in [3.05, 3.63) is 59.2 Å². The molecule has 31 heavy (non-hydrogen) atoms. The minimum absolute atomic E-state index is 0.0669. The molecule has 6 nitrogen and oxygen atoms in total. The lowest BCUT2D eigenvalue weighted by Gasteiger charge is -2.24. The van der Waals surface area contributed by atoms with Crippen molar-refractivity contribution in [2.45, 2.75) is 39.0 Å². The van der Waals surface area contributed by atoms with Crippen LogP contribution >= 0.6 is 0 Å². The van der Waals surface area contributed by atoms with E-state index in [0.29, 0.717) is 43.0 Å². The van der Waals surface area contributed by atoms with Crippen molar-refractivity contribution < 1.29 is 23.8 Å². The molecule has 0 saturated heterocycles. The highest BCUT2D eigenvalue weighted by Gasteiger charge is 2.19. The van der Waals surface area contributed by atoms with Gasteiger partial charge in [-0.15, -0.1) is 0 Å². The normalized spacial score (nSPS) is 10.5. The van der Waals surface area contributed by atoms with Crippen LogP contribution in [0.2, 0.25) is 0 Å². The molecule has 0 fully saturated rings. The topological polar surface area (TPSA) is 65.1 Å². The predicted molar refractivity (Wildman–Crippen MR) is 121 cm³/mol. The van der Waals surface area contributed by atoms with Crippen LogP contribution in [0.5, 0.6) is 11.5 Å². The summed E-state index contributed by atoms with van der Waals surface area (Å²) >= 11 is 0. The molecular weight excluding hydrogens is 394 g/mol. The molecule has 0 bridgehead atoms. The second-order valence-corrected chi connectivity index (χ2v) is 7.42. The first-order valence-electron chi connectivity index (χ1n) is 10.6. The molecule has 168 valence electrons. The lowest BCUT2D eigenvalue weighted by Crippen LogP contribution is -2.33. The van der Waals surface area contributed by atoms with E-state index in [1.807, 2.05) is 30.0 Å². The predicted octanol–water partition coefficient (Wildman–Crippen LogP) is 4.43. The Bertz CT molecular complexity index is 825. The molecule has 0 atom stereocenters. The molecule has 2 aromatic rings. The monoisotopic (exact) mass is 427 g/mol.